The Morgan fingerprint density at radius 3 is 2.59 bits per heavy atom. The van der Waals surface area contributed by atoms with Crippen LogP contribution in [-0.2, 0) is 19.1 Å². The smallest absolute Gasteiger partial charge is 0.357 e. The van der Waals surface area contributed by atoms with Crippen LogP contribution in [-0.4, -0.2) is 36.0 Å². The molecule has 0 amide bonds. The summed E-state index contributed by atoms with van der Waals surface area (Å²) in [5.41, 5.74) is 1.58. The quantitative estimate of drug-likeness (QED) is 0.346. The largest absolute Gasteiger partial charge is 0.434 e. The van der Waals surface area contributed by atoms with Gasteiger partial charge in [-0.05, 0) is 25.0 Å². The molecule has 2 rings (SSSR count). The highest BCUT2D eigenvalue weighted by Crippen LogP contribution is 2.30. The lowest BCUT2D eigenvalue weighted by Crippen LogP contribution is -2.38. The van der Waals surface area contributed by atoms with Gasteiger partial charge in [-0.15, -0.1) is 35.3 Å². The van der Waals surface area contributed by atoms with Gasteiger partial charge >= 0.3 is 6.18 Å². The summed E-state index contributed by atoms with van der Waals surface area (Å²) in [7, 11) is 1.94. The van der Waals surface area contributed by atoms with Crippen LogP contribution in [0.25, 0.3) is 0 Å². The fourth-order valence-electron chi connectivity index (χ4n) is 2.40. The number of hydrogen-bond acceptors (Lipinski definition) is 3. The number of aryl methyl sites for hydroxylation is 1. The van der Waals surface area contributed by atoms with Crippen LogP contribution in [0.15, 0.2) is 34.6 Å². The summed E-state index contributed by atoms with van der Waals surface area (Å²) in [6.45, 7) is 5.84. The zero-order chi connectivity index (χ0) is 19.2. The number of thiazole rings is 1. The van der Waals surface area contributed by atoms with Crippen molar-refractivity contribution in [2.24, 2.45) is 4.99 Å². The predicted octanol–water partition coefficient (Wildman–Crippen LogP) is 4.73. The van der Waals surface area contributed by atoms with E-state index < -0.39 is 11.9 Å². The molecule has 150 valence electrons. The van der Waals surface area contributed by atoms with Gasteiger partial charge in [-0.2, -0.15) is 13.2 Å². The second kappa shape index (κ2) is 10.8. The number of nitrogens with zero attached hydrogens (tertiary/aromatic N) is 3. The van der Waals surface area contributed by atoms with Crippen molar-refractivity contribution in [1.82, 2.24) is 15.2 Å². The minimum atomic E-state index is -4.39. The van der Waals surface area contributed by atoms with Crippen LogP contribution in [0.2, 0.25) is 0 Å². The van der Waals surface area contributed by atoms with E-state index in [1.54, 1.807) is 0 Å². The van der Waals surface area contributed by atoms with Gasteiger partial charge in [0.15, 0.2) is 11.7 Å². The zero-order valence-corrected chi connectivity index (χ0v) is 18.7. The summed E-state index contributed by atoms with van der Waals surface area (Å²) in [6, 6.07) is 8.14. The molecule has 1 N–H and O–H groups in total. The maximum atomic E-state index is 12.6. The van der Waals surface area contributed by atoms with Crippen molar-refractivity contribution in [3.8, 4) is 0 Å². The fraction of sp³-hybridized carbons (Fsp3) is 0.444. The fourth-order valence-corrected chi connectivity index (χ4v) is 3.20. The van der Waals surface area contributed by atoms with E-state index >= 15 is 0 Å². The molecule has 0 atom stereocenters. The standard InChI is InChI=1S/C18H23F3N4S.HI/c1-4-22-17(25(3)11-14-8-6-5-7-13(14)2)23-10-9-16-24-15(12-26-16)18(19,20)21;/h5-8,12H,4,9-11H2,1-3H3,(H,22,23);1H. The molecule has 0 aliphatic rings. The summed E-state index contributed by atoms with van der Waals surface area (Å²) in [5, 5.41) is 4.71. The number of hydrogen-bond donors (Lipinski definition) is 1. The Bertz CT molecular complexity index is 746. The third-order valence-electron chi connectivity index (χ3n) is 3.79. The molecule has 2 aromatic rings. The van der Waals surface area contributed by atoms with Gasteiger partial charge in [0.25, 0.3) is 0 Å². The molecule has 0 unspecified atom stereocenters. The van der Waals surface area contributed by atoms with Crippen LogP contribution in [0.4, 0.5) is 13.2 Å². The molecule has 9 heteroatoms. The lowest BCUT2D eigenvalue weighted by Gasteiger charge is -2.23. The monoisotopic (exact) mass is 512 g/mol. The van der Waals surface area contributed by atoms with E-state index in [0.29, 0.717) is 31.1 Å². The number of benzene rings is 1. The van der Waals surface area contributed by atoms with E-state index in [1.807, 2.05) is 31.0 Å². The molecular weight excluding hydrogens is 488 g/mol. The van der Waals surface area contributed by atoms with E-state index in [2.05, 4.69) is 34.3 Å². The van der Waals surface area contributed by atoms with Crippen molar-refractivity contribution >= 4 is 41.3 Å². The average Bonchev–Trinajstić information content (AvgIpc) is 3.05. The first-order chi connectivity index (χ1) is 12.3. The summed E-state index contributed by atoms with van der Waals surface area (Å²) in [6.07, 6.45) is -4.01. The minimum absolute atomic E-state index is 0. The van der Waals surface area contributed by atoms with E-state index in [9.17, 15) is 13.2 Å². The summed E-state index contributed by atoms with van der Waals surface area (Å²) in [4.78, 5) is 10.2. The third kappa shape index (κ3) is 7.28. The van der Waals surface area contributed by atoms with Crippen molar-refractivity contribution in [3.63, 3.8) is 0 Å². The number of rotatable bonds is 6. The Kier molecular flexibility index (Phi) is 9.51. The van der Waals surface area contributed by atoms with E-state index in [0.717, 1.165) is 22.7 Å². The summed E-state index contributed by atoms with van der Waals surface area (Å²) < 4.78 is 37.8. The molecule has 1 heterocycles. The van der Waals surface area contributed by atoms with Crippen LogP contribution < -0.4 is 5.32 Å². The first-order valence-corrected chi connectivity index (χ1v) is 9.24. The van der Waals surface area contributed by atoms with Crippen molar-refractivity contribution in [2.75, 3.05) is 20.1 Å². The number of halogens is 4. The topological polar surface area (TPSA) is 40.5 Å². The van der Waals surface area contributed by atoms with Gasteiger partial charge in [-0.25, -0.2) is 4.98 Å². The van der Waals surface area contributed by atoms with Gasteiger partial charge in [-0.3, -0.25) is 4.99 Å². The number of aromatic nitrogens is 1. The second-order valence-electron chi connectivity index (χ2n) is 5.89. The number of nitrogens with one attached hydrogen (secondary N) is 1. The minimum Gasteiger partial charge on any atom is -0.357 e. The molecule has 1 aromatic heterocycles. The Hall–Kier alpha value is -1.36. The average molecular weight is 512 g/mol. The van der Waals surface area contributed by atoms with Gasteiger partial charge in [0.05, 0.1) is 5.01 Å². The molecule has 0 aliphatic carbocycles. The van der Waals surface area contributed by atoms with Crippen molar-refractivity contribution in [1.29, 1.82) is 0 Å². The number of aliphatic imine (C=N–C) groups is 1. The van der Waals surface area contributed by atoms with Crippen molar-refractivity contribution in [2.45, 2.75) is 33.0 Å². The maximum absolute atomic E-state index is 12.6. The SMILES string of the molecule is CCNC(=NCCc1nc(C(F)(F)F)cs1)N(C)Cc1ccccc1C.I. The highest BCUT2D eigenvalue weighted by Gasteiger charge is 2.33. The van der Waals surface area contributed by atoms with Gasteiger partial charge in [-0.1, -0.05) is 24.3 Å². The Labute approximate surface area is 178 Å². The van der Waals surface area contributed by atoms with Crippen molar-refractivity contribution < 1.29 is 13.2 Å². The number of alkyl halides is 3. The molecule has 1 aromatic carbocycles. The van der Waals surface area contributed by atoms with Gasteiger partial charge in [0, 0.05) is 38.5 Å². The lowest BCUT2D eigenvalue weighted by atomic mass is 10.1. The second-order valence-corrected chi connectivity index (χ2v) is 6.84. The molecule has 0 saturated carbocycles. The van der Waals surface area contributed by atoms with Gasteiger partial charge in [0.1, 0.15) is 0 Å². The highest BCUT2D eigenvalue weighted by molar-refractivity contribution is 14.0. The first-order valence-electron chi connectivity index (χ1n) is 8.36. The molecule has 0 bridgehead atoms. The Morgan fingerprint density at radius 2 is 2.00 bits per heavy atom. The Balaban J connectivity index is 0.00000364. The Morgan fingerprint density at radius 1 is 1.30 bits per heavy atom. The summed E-state index contributed by atoms with van der Waals surface area (Å²) in [5.74, 6) is 0.725. The molecule has 0 spiro atoms. The first kappa shape index (κ1) is 23.7. The van der Waals surface area contributed by atoms with Crippen LogP contribution in [0.5, 0.6) is 0 Å². The lowest BCUT2D eigenvalue weighted by molar-refractivity contribution is -0.140. The van der Waals surface area contributed by atoms with Crippen LogP contribution in [0.1, 0.15) is 28.8 Å². The van der Waals surface area contributed by atoms with E-state index in [4.69, 9.17) is 0 Å². The molecule has 27 heavy (non-hydrogen) atoms. The zero-order valence-electron chi connectivity index (χ0n) is 15.5. The van der Waals surface area contributed by atoms with Crippen molar-refractivity contribution in [3.05, 3.63) is 51.5 Å². The van der Waals surface area contributed by atoms with Crippen LogP contribution in [0, 0.1) is 6.92 Å². The summed E-state index contributed by atoms with van der Waals surface area (Å²) >= 11 is 1.02. The predicted molar refractivity (Wildman–Crippen MR) is 115 cm³/mol. The van der Waals surface area contributed by atoms with E-state index in [1.165, 1.54) is 11.1 Å². The third-order valence-corrected chi connectivity index (χ3v) is 4.70. The molecule has 0 aliphatic heterocycles. The number of guanidine groups is 1. The normalized spacial score (nSPS) is 11.9. The van der Waals surface area contributed by atoms with Crippen LogP contribution >= 0.6 is 35.3 Å². The molecule has 0 fully saturated rings. The molecule has 0 saturated heterocycles. The van der Waals surface area contributed by atoms with E-state index in [-0.39, 0.29) is 24.0 Å². The molecule has 0 radical (unpaired) electrons. The highest BCUT2D eigenvalue weighted by atomic mass is 127. The maximum Gasteiger partial charge on any atom is 0.434 e. The van der Waals surface area contributed by atoms with Gasteiger partial charge in [0.2, 0.25) is 0 Å². The van der Waals surface area contributed by atoms with Gasteiger partial charge < -0.3 is 10.2 Å². The molecular formula is C18H24F3IN4S. The van der Waals surface area contributed by atoms with Crippen LogP contribution in [0.3, 0.4) is 0 Å². The molecule has 4 nitrogen and oxygen atoms in total.